The first-order chi connectivity index (χ1) is 13.3. The summed E-state index contributed by atoms with van der Waals surface area (Å²) in [7, 11) is -1.44. The van der Waals surface area contributed by atoms with Gasteiger partial charge in [-0.1, -0.05) is 36.0 Å². The van der Waals surface area contributed by atoms with E-state index in [9.17, 15) is 13.2 Å². The van der Waals surface area contributed by atoms with Gasteiger partial charge in [-0.2, -0.15) is 0 Å². The Hall–Kier alpha value is -1.90. The molecule has 0 bridgehead atoms. The van der Waals surface area contributed by atoms with Crippen molar-refractivity contribution >= 4 is 49.1 Å². The number of rotatable bonds is 7. The first kappa shape index (κ1) is 20.8. The molecule has 3 rings (SSSR count). The zero-order valence-electron chi connectivity index (χ0n) is 16.0. The van der Waals surface area contributed by atoms with Gasteiger partial charge in [0.25, 0.3) is 0 Å². The molecule has 28 heavy (non-hydrogen) atoms. The SMILES string of the molecule is C[C@H](c1ccc(S(C)(=O)=O)cc1)N(C)C(=O)CCSc1nc2ccccc2s1. The molecule has 148 valence electrons. The minimum Gasteiger partial charge on any atom is -0.339 e. The van der Waals surface area contributed by atoms with E-state index in [0.29, 0.717) is 12.2 Å². The molecule has 1 heterocycles. The van der Waals surface area contributed by atoms with Gasteiger partial charge in [-0.15, -0.1) is 11.3 Å². The number of benzene rings is 2. The van der Waals surface area contributed by atoms with Crippen molar-refractivity contribution < 1.29 is 13.2 Å². The Kier molecular flexibility index (Phi) is 6.42. The summed E-state index contributed by atoms with van der Waals surface area (Å²) < 4.78 is 25.3. The smallest absolute Gasteiger partial charge is 0.223 e. The summed E-state index contributed by atoms with van der Waals surface area (Å²) in [6.07, 6.45) is 1.60. The molecule has 0 aliphatic carbocycles. The van der Waals surface area contributed by atoms with Gasteiger partial charge in [0.05, 0.1) is 21.2 Å². The van der Waals surface area contributed by atoms with E-state index in [4.69, 9.17) is 0 Å². The van der Waals surface area contributed by atoms with Crippen LogP contribution >= 0.6 is 23.1 Å². The molecule has 0 spiro atoms. The number of sulfone groups is 1. The summed E-state index contributed by atoms with van der Waals surface area (Å²) in [6.45, 7) is 1.94. The number of nitrogens with zero attached hydrogens (tertiary/aromatic N) is 2. The lowest BCUT2D eigenvalue weighted by Crippen LogP contribution is -2.29. The van der Waals surface area contributed by atoms with Gasteiger partial charge in [0, 0.05) is 25.5 Å². The third-order valence-electron chi connectivity index (χ3n) is 4.58. The molecule has 3 aromatic rings. The highest BCUT2D eigenvalue weighted by Gasteiger charge is 2.18. The van der Waals surface area contributed by atoms with Gasteiger partial charge in [0.15, 0.2) is 14.2 Å². The second kappa shape index (κ2) is 8.63. The third kappa shape index (κ3) is 4.92. The highest BCUT2D eigenvalue weighted by Crippen LogP contribution is 2.30. The van der Waals surface area contributed by atoms with Crippen molar-refractivity contribution in [2.45, 2.75) is 28.6 Å². The molecule has 8 heteroatoms. The van der Waals surface area contributed by atoms with Crippen LogP contribution in [0.25, 0.3) is 10.2 Å². The lowest BCUT2D eigenvalue weighted by molar-refractivity contribution is -0.131. The van der Waals surface area contributed by atoms with Gasteiger partial charge < -0.3 is 4.90 Å². The van der Waals surface area contributed by atoms with Crippen LogP contribution in [0.1, 0.15) is 24.9 Å². The Bertz CT molecular complexity index is 1040. The number of carbonyl (C=O) groups excluding carboxylic acids is 1. The maximum Gasteiger partial charge on any atom is 0.223 e. The summed E-state index contributed by atoms with van der Waals surface area (Å²) in [5.74, 6) is 0.719. The number of thiazole rings is 1. The lowest BCUT2D eigenvalue weighted by Gasteiger charge is -2.25. The van der Waals surface area contributed by atoms with Crippen molar-refractivity contribution in [3.63, 3.8) is 0 Å². The van der Waals surface area contributed by atoms with E-state index in [2.05, 4.69) is 4.98 Å². The number of aromatic nitrogens is 1. The predicted octanol–water partition coefficient (Wildman–Crippen LogP) is 4.40. The molecular weight excluding hydrogens is 412 g/mol. The Balaban J connectivity index is 1.56. The third-order valence-corrected chi connectivity index (χ3v) is 7.89. The summed E-state index contributed by atoms with van der Waals surface area (Å²) in [6, 6.07) is 14.6. The summed E-state index contributed by atoms with van der Waals surface area (Å²) >= 11 is 3.24. The maximum atomic E-state index is 12.5. The fourth-order valence-corrected chi connectivity index (χ4v) is 5.44. The van der Waals surface area contributed by atoms with Crippen LogP contribution in [0.4, 0.5) is 0 Å². The fraction of sp³-hybridized carbons (Fsp3) is 0.300. The molecule has 0 saturated carbocycles. The zero-order chi connectivity index (χ0) is 20.3. The second-order valence-electron chi connectivity index (χ2n) is 6.57. The zero-order valence-corrected chi connectivity index (χ0v) is 18.4. The molecule has 0 saturated heterocycles. The molecule has 1 aromatic heterocycles. The molecule has 0 N–H and O–H groups in total. The van der Waals surface area contributed by atoms with Crippen molar-refractivity contribution in [2.24, 2.45) is 0 Å². The summed E-state index contributed by atoms with van der Waals surface area (Å²) in [5, 5.41) is 0. The Labute approximate surface area is 173 Å². The van der Waals surface area contributed by atoms with Crippen LogP contribution in [0.15, 0.2) is 57.8 Å². The number of carbonyl (C=O) groups is 1. The number of para-hydroxylation sites is 1. The van der Waals surface area contributed by atoms with E-state index >= 15 is 0 Å². The number of hydrogen-bond acceptors (Lipinski definition) is 6. The molecule has 0 radical (unpaired) electrons. The molecule has 0 unspecified atom stereocenters. The monoisotopic (exact) mass is 434 g/mol. The van der Waals surface area contributed by atoms with Crippen LogP contribution in [0.3, 0.4) is 0 Å². The molecular formula is C20H22N2O3S3. The van der Waals surface area contributed by atoms with Gasteiger partial charge in [0.1, 0.15) is 0 Å². The first-order valence-electron chi connectivity index (χ1n) is 8.80. The second-order valence-corrected chi connectivity index (χ2v) is 11.0. The van der Waals surface area contributed by atoms with Crippen molar-refractivity contribution in [2.75, 3.05) is 19.1 Å². The van der Waals surface area contributed by atoms with E-state index in [1.165, 1.54) is 6.26 Å². The van der Waals surface area contributed by atoms with Crippen LogP contribution in [-0.2, 0) is 14.6 Å². The first-order valence-corrected chi connectivity index (χ1v) is 12.5. The van der Waals surface area contributed by atoms with Crippen LogP contribution in [0, 0.1) is 0 Å². The molecule has 0 aliphatic heterocycles. The minimum atomic E-state index is -3.22. The van der Waals surface area contributed by atoms with E-state index in [1.54, 1.807) is 59.3 Å². The Morgan fingerprint density at radius 3 is 2.50 bits per heavy atom. The van der Waals surface area contributed by atoms with Gasteiger partial charge >= 0.3 is 0 Å². The van der Waals surface area contributed by atoms with Crippen LogP contribution < -0.4 is 0 Å². The normalized spacial score (nSPS) is 12.8. The average molecular weight is 435 g/mol. The molecule has 1 amide bonds. The number of amides is 1. The summed E-state index contributed by atoms with van der Waals surface area (Å²) in [4.78, 5) is 19.1. The van der Waals surface area contributed by atoms with Crippen LogP contribution in [0.2, 0.25) is 0 Å². The van der Waals surface area contributed by atoms with Gasteiger partial charge in [-0.25, -0.2) is 13.4 Å². The lowest BCUT2D eigenvalue weighted by atomic mass is 10.1. The van der Waals surface area contributed by atoms with E-state index < -0.39 is 9.84 Å². The highest BCUT2D eigenvalue weighted by molar-refractivity contribution is 8.01. The van der Waals surface area contributed by atoms with Gasteiger partial charge in [-0.3, -0.25) is 4.79 Å². The fourth-order valence-electron chi connectivity index (χ4n) is 2.75. The van der Waals surface area contributed by atoms with E-state index in [0.717, 1.165) is 20.1 Å². The maximum absolute atomic E-state index is 12.5. The topological polar surface area (TPSA) is 67.3 Å². The van der Waals surface area contributed by atoms with E-state index in [-0.39, 0.29) is 16.8 Å². The molecule has 1 atom stereocenters. The standard InChI is InChI=1S/C20H22N2O3S3/c1-14(15-8-10-16(11-9-15)28(3,24)25)22(2)19(23)12-13-26-20-21-17-6-4-5-7-18(17)27-20/h4-11,14H,12-13H2,1-3H3/t14-/m1/s1. The number of fused-ring (bicyclic) bond motifs is 1. The molecule has 0 aliphatic rings. The predicted molar refractivity (Wildman–Crippen MR) is 116 cm³/mol. The Morgan fingerprint density at radius 1 is 1.18 bits per heavy atom. The number of thioether (sulfide) groups is 1. The largest absolute Gasteiger partial charge is 0.339 e. The van der Waals surface area contributed by atoms with Gasteiger partial charge in [-0.05, 0) is 36.8 Å². The van der Waals surface area contributed by atoms with Crippen LogP contribution in [0.5, 0.6) is 0 Å². The van der Waals surface area contributed by atoms with E-state index in [1.807, 2.05) is 31.2 Å². The van der Waals surface area contributed by atoms with Gasteiger partial charge in [0.2, 0.25) is 5.91 Å². The molecule has 2 aromatic carbocycles. The van der Waals surface area contributed by atoms with Crippen molar-refractivity contribution in [3.05, 3.63) is 54.1 Å². The van der Waals surface area contributed by atoms with Crippen LogP contribution in [-0.4, -0.2) is 43.3 Å². The number of hydrogen-bond donors (Lipinski definition) is 0. The highest BCUT2D eigenvalue weighted by atomic mass is 32.2. The average Bonchev–Trinajstić information content (AvgIpc) is 3.09. The molecule has 0 fully saturated rings. The molecule has 5 nitrogen and oxygen atoms in total. The minimum absolute atomic E-state index is 0.0494. The quantitative estimate of drug-likeness (QED) is 0.516. The van der Waals surface area contributed by atoms with Crippen molar-refractivity contribution in [3.8, 4) is 0 Å². The Morgan fingerprint density at radius 2 is 1.86 bits per heavy atom. The summed E-state index contributed by atoms with van der Waals surface area (Å²) in [5.41, 5.74) is 1.90. The van der Waals surface area contributed by atoms with Crippen molar-refractivity contribution in [1.82, 2.24) is 9.88 Å². The van der Waals surface area contributed by atoms with Crippen molar-refractivity contribution in [1.29, 1.82) is 0 Å².